The fraction of sp³-hybridized carbons (Fsp3) is 0.240. The van der Waals surface area contributed by atoms with Crippen LogP contribution in [-0.2, 0) is 19.0 Å². The summed E-state index contributed by atoms with van der Waals surface area (Å²) in [7, 11) is 1.50. The zero-order chi connectivity index (χ0) is 25.2. The Morgan fingerprint density at radius 2 is 1.77 bits per heavy atom. The van der Waals surface area contributed by atoms with E-state index < -0.39 is 23.5 Å². The Hall–Kier alpha value is -3.95. The number of amides is 2. The molecule has 0 bridgehead atoms. The number of fused-ring (bicyclic) bond motifs is 1. The summed E-state index contributed by atoms with van der Waals surface area (Å²) < 4.78 is 58.0. The highest BCUT2D eigenvalue weighted by molar-refractivity contribution is 5.94. The molecule has 0 fully saturated rings. The minimum absolute atomic E-state index is 0.178. The number of hydrogen-bond acceptors (Lipinski definition) is 4. The number of rotatable bonds is 5. The molecule has 1 aromatic heterocycles. The van der Waals surface area contributed by atoms with Gasteiger partial charge in [0.15, 0.2) is 0 Å². The fourth-order valence-electron chi connectivity index (χ4n) is 3.94. The molecule has 0 radical (unpaired) electrons. The monoisotopic (exact) mass is 487 g/mol. The van der Waals surface area contributed by atoms with Crippen LogP contribution < -0.4 is 15.4 Å². The van der Waals surface area contributed by atoms with Crippen LogP contribution in [-0.4, -0.2) is 29.9 Å². The van der Waals surface area contributed by atoms with E-state index in [0.717, 1.165) is 17.2 Å². The molecular weight excluding hydrogens is 466 g/mol. The Labute approximate surface area is 198 Å². The van der Waals surface area contributed by atoms with Gasteiger partial charge >= 0.3 is 6.18 Å². The average molecular weight is 487 g/mol. The summed E-state index contributed by atoms with van der Waals surface area (Å²) in [6.45, 7) is 0. The third-order valence-corrected chi connectivity index (χ3v) is 5.70. The third-order valence-electron chi connectivity index (χ3n) is 5.70. The number of aromatic nitrogens is 1. The van der Waals surface area contributed by atoms with Crippen LogP contribution in [0, 0.1) is 5.82 Å². The van der Waals surface area contributed by atoms with E-state index >= 15 is 0 Å². The van der Waals surface area contributed by atoms with Crippen molar-refractivity contribution in [3.05, 3.63) is 88.5 Å². The second-order valence-electron chi connectivity index (χ2n) is 8.09. The van der Waals surface area contributed by atoms with Gasteiger partial charge in [-0.1, -0.05) is 6.07 Å². The Morgan fingerprint density at radius 3 is 2.49 bits per heavy atom. The number of benzene rings is 2. The van der Waals surface area contributed by atoms with E-state index in [1.54, 1.807) is 6.07 Å². The molecule has 182 valence electrons. The van der Waals surface area contributed by atoms with E-state index in [1.165, 1.54) is 19.3 Å². The minimum Gasteiger partial charge on any atom is -0.457 e. The van der Waals surface area contributed by atoms with Gasteiger partial charge in [0.05, 0.1) is 5.56 Å². The van der Waals surface area contributed by atoms with Crippen LogP contribution >= 0.6 is 0 Å². The van der Waals surface area contributed by atoms with Gasteiger partial charge in [0, 0.05) is 30.9 Å². The van der Waals surface area contributed by atoms with Gasteiger partial charge in [-0.15, -0.1) is 0 Å². The predicted molar refractivity (Wildman–Crippen MR) is 119 cm³/mol. The van der Waals surface area contributed by atoms with Crippen molar-refractivity contribution in [3.63, 3.8) is 0 Å². The molecule has 2 aromatic carbocycles. The molecule has 1 aliphatic rings. The predicted octanol–water partition coefficient (Wildman–Crippen LogP) is 4.68. The number of halogens is 4. The van der Waals surface area contributed by atoms with E-state index in [-0.39, 0.29) is 23.2 Å². The third kappa shape index (κ3) is 5.59. The highest BCUT2D eigenvalue weighted by Gasteiger charge is 2.34. The first kappa shape index (κ1) is 24.2. The molecular formula is C25H21F4N3O3. The van der Waals surface area contributed by atoms with E-state index in [4.69, 9.17) is 4.74 Å². The van der Waals surface area contributed by atoms with E-state index in [0.29, 0.717) is 42.9 Å². The average Bonchev–Trinajstić information content (AvgIpc) is 2.82. The molecule has 1 aliphatic carbocycles. The number of pyridine rings is 1. The molecule has 0 saturated carbocycles. The first-order chi connectivity index (χ1) is 16.6. The van der Waals surface area contributed by atoms with Gasteiger partial charge in [-0.3, -0.25) is 14.6 Å². The summed E-state index contributed by atoms with van der Waals surface area (Å²) in [5.74, 6) is -1.50. The molecule has 35 heavy (non-hydrogen) atoms. The normalized spacial score (nSPS) is 15.2. The molecule has 6 nitrogen and oxygen atoms in total. The van der Waals surface area contributed by atoms with Gasteiger partial charge in [-0.2, -0.15) is 13.2 Å². The lowest BCUT2D eigenvalue weighted by Gasteiger charge is -2.26. The van der Waals surface area contributed by atoms with Crippen molar-refractivity contribution < 1.29 is 31.9 Å². The van der Waals surface area contributed by atoms with Crippen LogP contribution in [0.2, 0.25) is 0 Å². The summed E-state index contributed by atoms with van der Waals surface area (Å²) >= 11 is 0. The SMILES string of the molecule is CNC(=O)c1cc(Oc2ccc3c(c2)CC(NC(=O)c2ccc(C(F)(F)F)c(F)c2)CC3)ccn1. The fourth-order valence-corrected chi connectivity index (χ4v) is 3.94. The van der Waals surface area contributed by atoms with Gasteiger partial charge in [0.25, 0.3) is 11.8 Å². The number of carbonyl (C=O) groups excluding carboxylic acids is 2. The molecule has 3 aromatic rings. The van der Waals surface area contributed by atoms with Crippen molar-refractivity contribution >= 4 is 11.8 Å². The lowest BCUT2D eigenvalue weighted by atomic mass is 9.88. The first-order valence-electron chi connectivity index (χ1n) is 10.8. The van der Waals surface area contributed by atoms with Crippen LogP contribution in [0.3, 0.4) is 0 Å². The lowest BCUT2D eigenvalue weighted by Crippen LogP contribution is -2.38. The van der Waals surface area contributed by atoms with Crippen molar-refractivity contribution in [2.45, 2.75) is 31.5 Å². The van der Waals surface area contributed by atoms with E-state index in [2.05, 4.69) is 15.6 Å². The topological polar surface area (TPSA) is 80.3 Å². The molecule has 0 aliphatic heterocycles. The first-order valence-corrected chi connectivity index (χ1v) is 10.8. The van der Waals surface area contributed by atoms with Gasteiger partial charge in [-0.05, 0) is 66.8 Å². The highest BCUT2D eigenvalue weighted by atomic mass is 19.4. The number of alkyl halides is 3. The summed E-state index contributed by atoms with van der Waals surface area (Å²) in [5.41, 5.74) is 0.653. The van der Waals surface area contributed by atoms with Crippen LogP contribution in [0.25, 0.3) is 0 Å². The van der Waals surface area contributed by atoms with E-state index in [1.807, 2.05) is 18.2 Å². The van der Waals surface area contributed by atoms with Crippen molar-refractivity contribution in [1.29, 1.82) is 0 Å². The number of ether oxygens (including phenoxy) is 1. The Kier molecular flexibility index (Phi) is 6.72. The standard InChI is InChI=1S/C25H21F4N3O3/c1-30-24(34)22-13-19(8-9-31-22)35-18-6-3-14-2-5-17(10-16(14)11-18)32-23(33)15-4-7-20(21(26)12-15)25(27,28)29/h3-4,6-9,11-13,17H,2,5,10H2,1H3,(H,30,34)(H,32,33). The van der Waals surface area contributed by atoms with Crippen LogP contribution in [0.4, 0.5) is 17.6 Å². The molecule has 1 atom stereocenters. The molecule has 2 N–H and O–H groups in total. The molecule has 1 unspecified atom stereocenters. The lowest BCUT2D eigenvalue weighted by molar-refractivity contribution is -0.140. The number of carbonyl (C=O) groups is 2. The van der Waals surface area contributed by atoms with Gasteiger partial charge < -0.3 is 15.4 Å². The second kappa shape index (κ2) is 9.73. The van der Waals surface area contributed by atoms with Crippen molar-refractivity contribution in [2.75, 3.05) is 7.05 Å². The van der Waals surface area contributed by atoms with Crippen molar-refractivity contribution in [2.24, 2.45) is 0 Å². The van der Waals surface area contributed by atoms with E-state index in [9.17, 15) is 27.2 Å². The Bertz CT molecular complexity index is 1280. The maximum Gasteiger partial charge on any atom is 0.419 e. The van der Waals surface area contributed by atoms with Crippen molar-refractivity contribution in [1.82, 2.24) is 15.6 Å². The van der Waals surface area contributed by atoms with Gasteiger partial charge in [-0.25, -0.2) is 4.39 Å². The second-order valence-corrected chi connectivity index (χ2v) is 8.09. The molecule has 1 heterocycles. The van der Waals surface area contributed by atoms with Crippen molar-refractivity contribution in [3.8, 4) is 11.5 Å². The molecule has 4 rings (SSSR count). The zero-order valence-corrected chi connectivity index (χ0v) is 18.6. The summed E-state index contributed by atoms with van der Waals surface area (Å²) in [6, 6.07) is 10.6. The van der Waals surface area contributed by atoms with Crippen LogP contribution in [0.15, 0.2) is 54.7 Å². The summed E-state index contributed by atoms with van der Waals surface area (Å²) in [5, 5.41) is 5.27. The summed E-state index contributed by atoms with van der Waals surface area (Å²) in [6.07, 6.45) is -1.58. The van der Waals surface area contributed by atoms with Gasteiger partial charge in [0.2, 0.25) is 0 Å². The Morgan fingerprint density at radius 1 is 1.00 bits per heavy atom. The van der Waals surface area contributed by atoms with Crippen LogP contribution in [0.5, 0.6) is 11.5 Å². The maximum absolute atomic E-state index is 13.9. The smallest absolute Gasteiger partial charge is 0.419 e. The molecule has 0 spiro atoms. The largest absolute Gasteiger partial charge is 0.457 e. The quantitative estimate of drug-likeness (QED) is 0.513. The zero-order valence-electron chi connectivity index (χ0n) is 18.6. The number of nitrogens with zero attached hydrogens (tertiary/aromatic N) is 1. The molecule has 10 heteroatoms. The number of hydrogen-bond donors (Lipinski definition) is 2. The highest BCUT2D eigenvalue weighted by Crippen LogP contribution is 2.32. The number of aryl methyl sites for hydroxylation is 1. The summed E-state index contributed by atoms with van der Waals surface area (Å²) in [4.78, 5) is 28.3. The van der Waals surface area contributed by atoms with Gasteiger partial charge in [0.1, 0.15) is 23.0 Å². The molecule has 2 amide bonds. The maximum atomic E-state index is 13.9. The molecule has 0 saturated heterocycles. The minimum atomic E-state index is -4.83. The number of nitrogens with one attached hydrogen (secondary N) is 2. The Balaban J connectivity index is 1.44. The van der Waals surface area contributed by atoms with Crippen LogP contribution in [0.1, 0.15) is 44.0 Å².